The summed E-state index contributed by atoms with van der Waals surface area (Å²) in [5, 5.41) is 29.4. The molecule has 4 unspecified atom stereocenters. The predicted molar refractivity (Wildman–Crippen MR) is 149 cm³/mol. The van der Waals surface area contributed by atoms with Crippen molar-refractivity contribution in [2.45, 2.75) is 70.6 Å². The minimum absolute atomic E-state index is 0.0327. The van der Waals surface area contributed by atoms with Crippen molar-refractivity contribution in [3.8, 4) is 0 Å². The van der Waals surface area contributed by atoms with E-state index in [1.807, 2.05) is 13.8 Å². The van der Waals surface area contributed by atoms with Gasteiger partial charge in [0.2, 0.25) is 23.6 Å². The maximum absolute atomic E-state index is 13.4. The van der Waals surface area contributed by atoms with Gasteiger partial charge in [-0.2, -0.15) is 0 Å². The van der Waals surface area contributed by atoms with E-state index in [1.54, 1.807) is 30.3 Å². The smallest absolute Gasteiger partial charge is 0.326 e. The lowest BCUT2D eigenvalue weighted by Crippen LogP contribution is -2.57. The minimum Gasteiger partial charge on any atom is -0.480 e. The third-order valence-electron chi connectivity index (χ3n) is 5.71. The molecular formula is C26H42N8O6. The van der Waals surface area contributed by atoms with E-state index in [1.165, 1.54) is 6.92 Å². The molecule has 0 radical (unpaired) electrons. The third-order valence-corrected chi connectivity index (χ3v) is 5.71. The topological polar surface area (TPSA) is 242 Å². The summed E-state index contributed by atoms with van der Waals surface area (Å²) < 4.78 is 0. The van der Waals surface area contributed by atoms with Crippen molar-refractivity contribution in [2.24, 2.45) is 17.4 Å². The zero-order valence-corrected chi connectivity index (χ0v) is 23.2. The van der Waals surface area contributed by atoms with Crippen LogP contribution in [-0.2, 0) is 30.4 Å². The number of carbonyl (C=O) groups excluding carboxylic acids is 4. The van der Waals surface area contributed by atoms with Crippen molar-refractivity contribution in [2.75, 3.05) is 13.1 Å². The van der Waals surface area contributed by atoms with Crippen LogP contribution in [0.5, 0.6) is 0 Å². The second-order valence-corrected chi connectivity index (χ2v) is 9.89. The molecule has 40 heavy (non-hydrogen) atoms. The lowest BCUT2D eigenvalue weighted by molar-refractivity contribution is -0.142. The van der Waals surface area contributed by atoms with E-state index < -0.39 is 60.3 Å². The van der Waals surface area contributed by atoms with Crippen LogP contribution in [0, 0.1) is 11.3 Å². The van der Waals surface area contributed by atoms with Crippen molar-refractivity contribution in [1.29, 1.82) is 5.41 Å². The lowest BCUT2D eigenvalue weighted by Gasteiger charge is -2.26. The summed E-state index contributed by atoms with van der Waals surface area (Å²) in [4.78, 5) is 62.5. The molecule has 0 fully saturated rings. The molecule has 14 heteroatoms. The maximum atomic E-state index is 13.4. The summed E-state index contributed by atoms with van der Waals surface area (Å²) in [6.07, 6.45) is 0.717. The molecule has 0 aliphatic heterocycles. The Hall–Kier alpha value is -4.20. The van der Waals surface area contributed by atoms with Crippen molar-refractivity contribution < 1.29 is 29.1 Å². The third kappa shape index (κ3) is 13.6. The molecule has 0 spiro atoms. The van der Waals surface area contributed by atoms with Gasteiger partial charge in [-0.3, -0.25) is 24.6 Å². The number of guanidine groups is 1. The Morgan fingerprint density at radius 2 is 1.48 bits per heavy atom. The predicted octanol–water partition coefficient (Wildman–Crippen LogP) is -1.46. The van der Waals surface area contributed by atoms with Gasteiger partial charge in [0.1, 0.15) is 18.1 Å². The first-order valence-corrected chi connectivity index (χ1v) is 13.1. The van der Waals surface area contributed by atoms with Crippen LogP contribution in [0.3, 0.4) is 0 Å². The summed E-state index contributed by atoms with van der Waals surface area (Å²) in [7, 11) is 0. The van der Waals surface area contributed by atoms with Crippen LogP contribution in [-0.4, -0.2) is 77.9 Å². The van der Waals surface area contributed by atoms with Crippen molar-refractivity contribution in [3.63, 3.8) is 0 Å². The van der Waals surface area contributed by atoms with Crippen LogP contribution in [0.2, 0.25) is 0 Å². The number of aliphatic carboxylic acids is 1. The second kappa shape index (κ2) is 17.4. The number of nitrogens with one attached hydrogen (secondary N) is 6. The standard InChI is InChI=1S/C26H42N8O6/c1-15(2)12-19(23(37)33-18(25(39)40)10-7-11-30-26(28)29)34-24(38)20(13-17-8-5-4-6-9-17)32-21(35)14-31-22(36)16(3)27/h4-6,8-9,15-16,18-20H,7,10-14,27H2,1-3H3,(H,31,36)(H,32,35)(H,33,37)(H,34,38)(H,39,40)(H4,28,29,30). The number of hydrogen-bond donors (Lipinski definition) is 9. The van der Waals surface area contributed by atoms with Crippen LogP contribution in [0.4, 0.5) is 0 Å². The fraction of sp³-hybridized carbons (Fsp3) is 0.538. The maximum Gasteiger partial charge on any atom is 0.326 e. The van der Waals surface area contributed by atoms with Gasteiger partial charge >= 0.3 is 5.97 Å². The molecule has 0 bridgehead atoms. The molecule has 0 aliphatic carbocycles. The second-order valence-electron chi connectivity index (χ2n) is 9.89. The van der Waals surface area contributed by atoms with Gasteiger partial charge < -0.3 is 43.2 Å². The number of carbonyl (C=O) groups is 5. The monoisotopic (exact) mass is 562 g/mol. The molecule has 0 saturated carbocycles. The summed E-state index contributed by atoms with van der Waals surface area (Å²) in [5.74, 6) is -4.00. The van der Waals surface area contributed by atoms with Crippen LogP contribution < -0.4 is 38.1 Å². The Kier molecular flexibility index (Phi) is 14.7. The van der Waals surface area contributed by atoms with Crippen LogP contribution in [0.25, 0.3) is 0 Å². The van der Waals surface area contributed by atoms with Crippen LogP contribution >= 0.6 is 0 Å². The number of rotatable bonds is 17. The molecule has 4 atom stereocenters. The van der Waals surface area contributed by atoms with Gasteiger partial charge in [0.05, 0.1) is 12.6 Å². The number of amides is 4. The van der Waals surface area contributed by atoms with Gasteiger partial charge in [-0.15, -0.1) is 0 Å². The highest BCUT2D eigenvalue weighted by Gasteiger charge is 2.30. The molecule has 0 aromatic heterocycles. The molecule has 14 nitrogen and oxygen atoms in total. The SMILES string of the molecule is CC(C)CC(NC(=O)C(Cc1ccccc1)NC(=O)CNC(=O)C(C)N)C(=O)NC(CCCNC(=N)N)C(=O)O. The van der Waals surface area contributed by atoms with E-state index in [4.69, 9.17) is 16.9 Å². The molecule has 11 N–H and O–H groups in total. The summed E-state index contributed by atoms with van der Waals surface area (Å²) in [5.41, 5.74) is 11.5. The number of hydrogen-bond acceptors (Lipinski definition) is 7. The highest BCUT2D eigenvalue weighted by Crippen LogP contribution is 2.09. The average Bonchev–Trinajstić information content (AvgIpc) is 2.87. The molecule has 1 aromatic carbocycles. The van der Waals surface area contributed by atoms with E-state index >= 15 is 0 Å². The molecule has 4 amide bonds. The van der Waals surface area contributed by atoms with Crippen LogP contribution in [0.1, 0.15) is 45.6 Å². The normalized spacial score (nSPS) is 13.7. The quantitative estimate of drug-likeness (QED) is 0.0611. The fourth-order valence-electron chi connectivity index (χ4n) is 3.67. The molecular weight excluding hydrogens is 520 g/mol. The van der Waals surface area contributed by atoms with E-state index in [9.17, 15) is 29.1 Å². The molecule has 222 valence electrons. The highest BCUT2D eigenvalue weighted by atomic mass is 16.4. The van der Waals surface area contributed by atoms with Gasteiger partial charge in [-0.1, -0.05) is 44.2 Å². The molecule has 1 aromatic rings. The zero-order chi connectivity index (χ0) is 30.2. The summed E-state index contributed by atoms with van der Waals surface area (Å²) >= 11 is 0. The Morgan fingerprint density at radius 3 is 2.02 bits per heavy atom. The Morgan fingerprint density at radius 1 is 0.875 bits per heavy atom. The number of carboxylic acids is 1. The first-order chi connectivity index (χ1) is 18.8. The Labute approximate surface area is 233 Å². The Bertz CT molecular complexity index is 1020. The lowest BCUT2D eigenvalue weighted by atomic mass is 10.0. The Balaban J connectivity index is 3.00. The first kappa shape index (κ1) is 33.8. The largest absolute Gasteiger partial charge is 0.480 e. The van der Waals surface area contributed by atoms with Crippen molar-refractivity contribution in [3.05, 3.63) is 35.9 Å². The van der Waals surface area contributed by atoms with E-state index in [-0.39, 0.29) is 37.7 Å². The number of benzene rings is 1. The van der Waals surface area contributed by atoms with Crippen molar-refractivity contribution >= 4 is 35.6 Å². The summed E-state index contributed by atoms with van der Waals surface area (Å²) in [6.45, 7) is 5.02. The van der Waals surface area contributed by atoms with E-state index in [2.05, 4.69) is 26.6 Å². The molecule has 0 saturated heterocycles. The summed E-state index contributed by atoms with van der Waals surface area (Å²) in [6, 6.07) is 4.73. The fourth-order valence-corrected chi connectivity index (χ4v) is 3.67. The molecule has 1 rings (SSSR count). The number of nitrogens with two attached hydrogens (primary N) is 2. The van der Waals surface area contributed by atoms with Gasteiger partial charge in [0, 0.05) is 13.0 Å². The first-order valence-electron chi connectivity index (χ1n) is 13.1. The van der Waals surface area contributed by atoms with E-state index in [0.29, 0.717) is 6.42 Å². The molecule has 0 aliphatic rings. The minimum atomic E-state index is -1.24. The number of carboxylic acid groups (broad SMARTS) is 1. The molecule has 0 heterocycles. The van der Waals surface area contributed by atoms with Gasteiger partial charge in [-0.05, 0) is 37.7 Å². The van der Waals surface area contributed by atoms with Crippen LogP contribution in [0.15, 0.2) is 30.3 Å². The van der Waals surface area contributed by atoms with Crippen molar-refractivity contribution in [1.82, 2.24) is 26.6 Å². The van der Waals surface area contributed by atoms with Gasteiger partial charge in [-0.25, -0.2) is 4.79 Å². The van der Waals surface area contributed by atoms with Gasteiger partial charge in [0.25, 0.3) is 0 Å². The van der Waals surface area contributed by atoms with Gasteiger partial charge in [0.15, 0.2) is 5.96 Å². The zero-order valence-electron chi connectivity index (χ0n) is 23.2. The highest BCUT2D eigenvalue weighted by molar-refractivity contribution is 5.94. The average molecular weight is 563 g/mol. The van der Waals surface area contributed by atoms with E-state index in [0.717, 1.165) is 5.56 Å².